The van der Waals surface area contributed by atoms with Gasteiger partial charge in [-0.15, -0.1) is 0 Å². The van der Waals surface area contributed by atoms with Gasteiger partial charge in [0.05, 0.1) is 0 Å². The summed E-state index contributed by atoms with van der Waals surface area (Å²) >= 11 is 0. The molecule has 0 aromatic carbocycles. The number of hydrogen-bond donors (Lipinski definition) is 1. The first-order valence-corrected chi connectivity index (χ1v) is 7.98. The van der Waals surface area contributed by atoms with E-state index in [1.807, 2.05) is 0 Å². The lowest BCUT2D eigenvalue weighted by Gasteiger charge is -2.33. The van der Waals surface area contributed by atoms with E-state index >= 15 is 0 Å². The molecule has 1 nitrogen and oxygen atoms in total. The van der Waals surface area contributed by atoms with Gasteiger partial charge < -0.3 is 5.32 Å². The van der Waals surface area contributed by atoms with Crippen LogP contribution in [0.3, 0.4) is 0 Å². The average molecular weight is 241 g/mol. The van der Waals surface area contributed by atoms with Crippen LogP contribution in [0.15, 0.2) is 0 Å². The summed E-state index contributed by atoms with van der Waals surface area (Å²) in [6.07, 6.45) is 9.35. The van der Waals surface area contributed by atoms with Gasteiger partial charge in [-0.3, -0.25) is 0 Å². The van der Waals surface area contributed by atoms with Crippen molar-refractivity contribution in [2.45, 2.75) is 85.6 Å². The van der Waals surface area contributed by atoms with E-state index in [-0.39, 0.29) is 0 Å². The van der Waals surface area contributed by atoms with E-state index < -0.39 is 0 Å². The molecular formula is C16H35N. The second-order valence-electron chi connectivity index (χ2n) is 5.37. The first-order chi connectivity index (χ1) is 8.24. The van der Waals surface area contributed by atoms with Gasteiger partial charge in [-0.05, 0) is 31.2 Å². The lowest BCUT2D eigenvalue weighted by Crippen LogP contribution is -2.42. The molecule has 1 heteroatoms. The van der Waals surface area contributed by atoms with Crippen LogP contribution in [0.5, 0.6) is 0 Å². The van der Waals surface area contributed by atoms with E-state index in [4.69, 9.17) is 0 Å². The van der Waals surface area contributed by atoms with Gasteiger partial charge in [-0.25, -0.2) is 0 Å². The Bertz CT molecular complexity index is 152. The standard InChI is InChI=1S/C16H35N/c1-6-11-12-15(10-5)16(17-13-7-2)14(8-3)9-4/h14-17H,6-13H2,1-5H3. The molecule has 0 radical (unpaired) electrons. The van der Waals surface area contributed by atoms with Crippen molar-refractivity contribution in [1.82, 2.24) is 5.32 Å². The van der Waals surface area contributed by atoms with Crippen LogP contribution in [0.4, 0.5) is 0 Å². The van der Waals surface area contributed by atoms with E-state index in [1.165, 1.54) is 51.5 Å². The van der Waals surface area contributed by atoms with E-state index in [1.54, 1.807) is 0 Å². The molecule has 2 atom stereocenters. The van der Waals surface area contributed by atoms with Crippen molar-refractivity contribution in [3.8, 4) is 0 Å². The topological polar surface area (TPSA) is 12.0 Å². The second kappa shape index (κ2) is 11.1. The minimum absolute atomic E-state index is 0.751. The summed E-state index contributed by atoms with van der Waals surface area (Å²) in [5.41, 5.74) is 0. The first kappa shape index (κ1) is 17.0. The molecule has 0 saturated carbocycles. The van der Waals surface area contributed by atoms with Crippen molar-refractivity contribution < 1.29 is 0 Å². The maximum Gasteiger partial charge on any atom is 0.0123 e. The molecule has 0 bridgehead atoms. The highest BCUT2D eigenvalue weighted by Crippen LogP contribution is 2.26. The smallest absolute Gasteiger partial charge is 0.0123 e. The molecular weight excluding hydrogens is 206 g/mol. The lowest BCUT2D eigenvalue weighted by atomic mass is 9.81. The average Bonchev–Trinajstić information content (AvgIpc) is 2.36. The van der Waals surface area contributed by atoms with Crippen LogP contribution in [0.1, 0.15) is 79.6 Å². The van der Waals surface area contributed by atoms with Gasteiger partial charge in [0.15, 0.2) is 0 Å². The van der Waals surface area contributed by atoms with Crippen LogP contribution in [-0.2, 0) is 0 Å². The molecule has 0 rings (SSSR count). The Hall–Kier alpha value is -0.0400. The number of hydrogen-bond acceptors (Lipinski definition) is 1. The molecule has 2 unspecified atom stereocenters. The van der Waals surface area contributed by atoms with E-state index in [2.05, 4.69) is 39.9 Å². The maximum absolute atomic E-state index is 3.83. The Kier molecular flexibility index (Phi) is 11.0. The van der Waals surface area contributed by atoms with Crippen LogP contribution >= 0.6 is 0 Å². The summed E-state index contributed by atoms with van der Waals surface area (Å²) in [6.45, 7) is 12.8. The van der Waals surface area contributed by atoms with Crippen molar-refractivity contribution in [3.63, 3.8) is 0 Å². The molecule has 104 valence electrons. The van der Waals surface area contributed by atoms with Gasteiger partial charge in [0.2, 0.25) is 0 Å². The van der Waals surface area contributed by atoms with Gasteiger partial charge in [-0.1, -0.05) is 66.7 Å². The van der Waals surface area contributed by atoms with Crippen LogP contribution < -0.4 is 5.32 Å². The Morgan fingerprint density at radius 2 is 1.35 bits per heavy atom. The van der Waals surface area contributed by atoms with Crippen LogP contribution in [0.25, 0.3) is 0 Å². The second-order valence-corrected chi connectivity index (χ2v) is 5.37. The molecule has 0 aliphatic heterocycles. The van der Waals surface area contributed by atoms with Crippen molar-refractivity contribution in [2.24, 2.45) is 11.8 Å². The summed E-state index contributed by atoms with van der Waals surface area (Å²) < 4.78 is 0. The molecule has 1 N–H and O–H groups in total. The molecule has 0 aromatic heterocycles. The fourth-order valence-electron chi connectivity index (χ4n) is 2.93. The van der Waals surface area contributed by atoms with Crippen molar-refractivity contribution in [3.05, 3.63) is 0 Å². The lowest BCUT2D eigenvalue weighted by molar-refractivity contribution is 0.225. The van der Waals surface area contributed by atoms with Gasteiger partial charge in [0.25, 0.3) is 0 Å². The molecule has 0 amide bonds. The Morgan fingerprint density at radius 1 is 0.765 bits per heavy atom. The minimum atomic E-state index is 0.751. The predicted octanol–water partition coefficient (Wildman–Crippen LogP) is 5.01. The van der Waals surface area contributed by atoms with Crippen molar-refractivity contribution in [1.29, 1.82) is 0 Å². The van der Waals surface area contributed by atoms with Gasteiger partial charge in [0, 0.05) is 6.04 Å². The van der Waals surface area contributed by atoms with Crippen molar-refractivity contribution in [2.75, 3.05) is 6.54 Å². The zero-order chi connectivity index (χ0) is 13.1. The normalized spacial score (nSPS) is 15.2. The fourth-order valence-corrected chi connectivity index (χ4v) is 2.93. The summed E-state index contributed by atoms with van der Waals surface area (Å²) in [4.78, 5) is 0. The Morgan fingerprint density at radius 3 is 1.76 bits per heavy atom. The molecule has 17 heavy (non-hydrogen) atoms. The van der Waals surface area contributed by atoms with Crippen LogP contribution in [0.2, 0.25) is 0 Å². The van der Waals surface area contributed by atoms with E-state index in [0.717, 1.165) is 17.9 Å². The van der Waals surface area contributed by atoms with E-state index in [0.29, 0.717) is 0 Å². The minimum Gasteiger partial charge on any atom is -0.313 e. The van der Waals surface area contributed by atoms with E-state index in [9.17, 15) is 0 Å². The summed E-state index contributed by atoms with van der Waals surface area (Å²) in [7, 11) is 0. The number of unbranched alkanes of at least 4 members (excludes halogenated alkanes) is 1. The number of rotatable bonds is 11. The highest BCUT2D eigenvalue weighted by atomic mass is 14.9. The Labute approximate surface area is 110 Å². The molecule has 0 aliphatic carbocycles. The monoisotopic (exact) mass is 241 g/mol. The highest BCUT2D eigenvalue weighted by molar-refractivity contribution is 4.81. The third kappa shape index (κ3) is 6.45. The zero-order valence-electron chi connectivity index (χ0n) is 12.9. The third-order valence-electron chi connectivity index (χ3n) is 4.15. The molecule has 0 aliphatic rings. The Balaban J connectivity index is 4.47. The molecule has 0 fully saturated rings. The highest BCUT2D eigenvalue weighted by Gasteiger charge is 2.25. The molecule has 0 aromatic rings. The zero-order valence-corrected chi connectivity index (χ0v) is 12.9. The summed E-state index contributed by atoms with van der Waals surface area (Å²) in [5.74, 6) is 1.75. The largest absolute Gasteiger partial charge is 0.313 e. The van der Waals surface area contributed by atoms with Gasteiger partial charge in [-0.2, -0.15) is 0 Å². The number of nitrogens with one attached hydrogen (secondary N) is 1. The maximum atomic E-state index is 3.83. The van der Waals surface area contributed by atoms with Crippen LogP contribution in [0, 0.1) is 11.8 Å². The fraction of sp³-hybridized carbons (Fsp3) is 1.00. The van der Waals surface area contributed by atoms with Crippen LogP contribution in [-0.4, -0.2) is 12.6 Å². The predicted molar refractivity (Wildman–Crippen MR) is 79.5 cm³/mol. The first-order valence-electron chi connectivity index (χ1n) is 7.98. The quantitative estimate of drug-likeness (QED) is 0.536. The molecule has 0 heterocycles. The molecule has 0 spiro atoms. The molecule has 0 saturated heterocycles. The van der Waals surface area contributed by atoms with Gasteiger partial charge >= 0.3 is 0 Å². The van der Waals surface area contributed by atoms with Crippen molar-refractivity contribution >= 4 is 0 Å². The summed E-state index contributed by atoms with van der Waals surface area (Å²) in [6, 6.07) is 0.751. The summed E-state index contributed by atoms with van der Waals surface area (Å²) in [5, 5.41) is 3.83. The van der Waals surface area contributed by atoms with Gasteiger partial charge in [0.1, 0.15) is 0 Å². The third-order valence-corrected chi connectivity index (χ3v) is 4.15. The SMILES string of the molecule is CCCCC(CC)C(NCCC)C(CC)CC.